The number of nitrogens with one attached hydrogen (secondary N) is 1. The lowest BCUT2D eigenvalue weighted by Gasteiger charge is -2.11. The first kappa shape index (κ1) is 14.5. The fourth-order valence-corrected chi connectivity index (χ4v) is 2.08. The highest BCUT2D eigenvalue weighted by molar-refractivity contribution is 6.06. The van der Waals surface area contributed by atoms with E-state index < -0.39 is 0 Å². The average Bonchev–Trinajstić information content (AvgIpc) is 2.46. The Morgan fingerprint density at radius 2 is 2.10 bits per heavy atom. The van der Waals surface area contributed by atoms with Gasteiger partial charge in [0.1, 0.15) is 0 Å². The van der Waals surface area contributed by atoms with Crippen LogP contribution in [0.2, 0.25) is 0 Å². The van der Waals surface area contributed by atoms with Gasteiger partial charge in [0.05, 0.1) is 11.1 Å². The van der Waals surface area contributed by atoms with E-state index >= 15 is 0 Å². The summed E-state index contributed by atoms with van der Waals surface area (Å²) in [7, 11) is 0. The first-order valence-corrected chi connectivity index (χ1v) is 7.01. The van der Waals surface area contributed by atoms with E-state index in [1.165, 1.54) is 0 Å². The van der Waals surface area contributed by atoms with E-state index in [-0.39, 0.29) is 11.8 Å². The van der Waals surface area contributed by atoms with Gasteiger partial charge in [0, 0.05) is 17.6 Å². The molecule has 0 saturated carbocycles. The summed E-state index contributed by atoms with van der Waals surface area (Å²) < 4.78 is 0. The van der Waals surface area contributed by atoms with E-state index in [1.54, 1.807) is 0 Å². The van der Waals surface area contributed by atoms with Crippen LogP contribution in [-0.2, 0) is 0 Å². The molecule has 0 aliphatic rings. The predicted molar refractivity (Wildman–Crippen MR) is 81.8 cm³/mol. The summed E-state index contributed by atoms with van der Waals surface area (Å²) in [6, 6.07) is 9.64. The molecule has 1 heterocycles. The molecule has 0 aliphatic carbocycles. The van der Waals surface area contributed by atoms with E-state index in [2.05, 4.69) is 24.1 Å². The molecule has 20 heavy (non-hydrogen) atoms. The SMILES string of the molecule is CC(C)c1cc(C(=O)NCCCN)c2ccccc2n1. The van der Waals surface area contributed by atoms with Crippen molar-refractivity contribution >= 4 is 16.8 Å². The number of hydrogen-bond acceptors (Lipinski definition) is 3. The lowest BCUT2D eigenvalue weighted by atomic mass is 10.0. The Hall–Kier alpha value is -1.94. The summed E-state index contributed by atoms with van der Waals surface area (Å²) in [6.07, 6.45) is 0.784. The van der Waals surface area contributed by atoms with Crippen molar-refractivity contribution in [2.24, 2.45) is 5.73 Å². The summed E-state index contributed by atoms with van der Waals surface area (Å²) in [6.45, 7) is 5.33. The van der Waals surface area contributed by atoms with E-state index in [1.807, 2.05) is 30.3 Å². The van der Waals surface area contributed by atoms with Crippen molar-refractivity contribution in [3.8, 4) is 0 Å². The van der Waals surface area contributed by atoms with Crippen molar-refractivity contribution in [2.75, 3.05) is 13.1 Å². The highest BCUT2D eigenvalue weighted by Crippen LogP contribution is 2.22. The molecule has 1 amide bonds. The standard InChI is InChI=1S/C16H21N3O/c1-11(2)15-10-13(16(20)18-9-5-8-17)12-6-3-4-7-14(12)19-15/h3-4,6-7,10-11H,5,8-9,17H2,1-2H3,(H,18,20). The Kier molecular flexibility index (Phi) is 4.69. The number of pyridine rings is 1. The predicted octanol–water partition coefficient (Wildman–Crippen LogP) is 2.44. The number of aromatic nitrogens is 1. The minimum absolute atomic E-state index is 0.0565. The number of rotatable bonds is 5. The van der Waals surface area contributed by atoms with Crippen molar-refractivity contribution in [3.05, 3.63) is 41.6 Å². The van der Waals surface area contributed by atoms with Crippen LogP contribution in [0, 0.1) is 0 Å². The van der Waals surface area contributed by atoms with Crippen molar-refractivity contribution < 1.29 is 4.79 Å². The summed E-state index contributed by atoms with van der Waals surface area (Å²) in [5, 5.41) is 3.80. The second kappa shape index (κ2) is 6.48. The number of amides is 1. The van der Waals surface area contributed by atoms with Crippen LogP contribution in [0.3, 0.4) is 0 Å². The second-order valence-electron chi connectivity index (χ2n) is 5.16. The van der Waals surface area contributed by atoms with Crippen molar-refractivity contribution in [3.63, 3.8) is 0 Å². The number of carbonyl (C=O) groups excluding carboxylic acids is 1. The van der Waals surface area contributed by atoms with Crippen LogP contribution >= 0.6 is 0 Å². The van der Waals surface area contributed by atoms with E-state index in [0.29, 0.717) is 18.7 Å². The van der Waals surface area contributed by atoms with E-state index in [9.17, 15) is 4.79 Å². The maximum atomic E-state index is 12.3. The van der Waals surface area contributed by atoms with Crippen LogP contribution in [0.4, 0.5) is 0 Å². The topological polar surface area (TPSA) is 68.0 Å². The maximum absolute atomic E-state index is 12.3. The third-order valence-corrected chi connectivity index (χ3v) is 3.24. The lowest BCUT2D eigenvalue weighted by molar-refractivity contribution is 0.0955. The van der Waals surface area contributed by atoms with Crippen molar-refractivity contribution in [1.82, 2.24) is 10.3 Å². The normalized spacial score (nSPS) is 11.0. The molecule has 0 spiro atoms. The lowest BCUT2D eigenvalue weighted by Crippen LogP contribution is -2.26. The Morgan fingerprint density at radius 3 is 2.80 bits per heavy atom. The third-order valence-electron chi connectivity index (χ3n) is 3.24. The highest BCUT2D eigenvalue weighted by Gasteiger charge is 2.13. The van der Waals surface area contributed by atoms with Gasteiger partial charge in [-0.3, -0.25) is 9.78 Å². The molecule has 1 aromatic carbocycles. The summed E-state index contributed by atoms with van der Waals surface area (Å²) >= 11 is 0. The Bertz CT molecular complexity index is 608. The summed E-state index contributed by atoms with van der Waals surface area (Å²) in [4.78, 5) is 16.9. The molecule has 1 aromatic heterocycles. The van der Waals surface area contributed by atoms with Gasteiger partial charge in [-0.1, -0.05) is 32.0 Å². The fourth-order valence-electron chi connectivity index (χ4n) is 2.08. The van der Waals surface area contributed by atoms with Crippen LogP contribution in [0.25, 0.3) is 10.9 Å². The minimum atomic E-state index is -0.0565. The molecule has 0 aliphatic heterocycles. The third kappa shape index (κ3) is 3.14. The number of nitrogens with zero attached hydrogens (tertiary/aromatic N) is 1. The molecular weight excluding hydrogens is 250 g/mol. The maximum Gasteiger partial charge on any atom is 0.252 e. The Morgan fingerprint density at radius 1 is 1.35 bits per heavy atom. The molecule has 0 unspecified atom stereocenters. The summed E-state index contributed by atoms with van der Waals surface area (Å²) in [5.41, 5.74) is 7.94. The zero-order chi connectivity index (χ0) is 14.5. The van der Waals surface area contributed by atoms with Gasteiger partial charge >= 0.3 is 0 Å². The quantitative estimate of drug-likeness (QED) is 0.821. The van der Waals surface area contributed by atoms with Gasteiger partial charge in [-0.2, -0.15) is 0 Å². The zero-order valence-corrected chi connectivity index (χ0v) is 12.0. The average molecular weight is 271 g/mol. The number of carbonyl (C=O) groups is 1. The number of hydrogen-bond donors (Lipinski definition) is 2. The molecule has 0 radical (unpaired) electrons. The molecule has 2 aromatic rings. The molecular formula is C16H21N3O. The van der Waals surface area contributed by atoms with Gasteiger partial charge < -0.3 is 11.1 Å². The Balaban J connectivity index is 2.41. The highest BCUT2D eigenvalue weighted by atomic mass is 16.1. The smallest absolute Gasteiger partial charge is 0.252 e. The first-order valence-electron chi connectivity index (χ1n) is 7.01. The molecule has 0 atom stereocenters. The fraction of sp³-hybridized carbons (Fsp3) is 0.375. The number of para-hydroxylation sites is 1. The van der Waals surface area contributed by atoms with Crippen molar-refractivity contribution in [2.45, 2.75) is 26.2 Å². The van der Waals surface area contributed by atoms with Gasteiger partial charge in [-0.25, -0.2) is 0 Å². The number of nitrogens with two attached hydrogens (primary N) is 1. The van der Waals surface area contributed by atoms with Gasteiger partial charge in [0.25, 0.3) is 5.91 Å². The Labute approximate surface area is 119 Å². The van der Waals surface area contributed by atoms with E-state index in [4.69, 9.17) is 5.73 Å². The van der Waals surface area contributed by atoms with Crippen LogP contribution in [0.15, 0.2) is 30.3 Å². The van der Waals surface area contributed by atoms with Crippen LogP contribution in [0.1, 0.15) is 42.2 Å². The van der Waals surface area contributed by atoms with Crippen molar-refractivity contribution in [1.29, 1.82) is 0 Å². The van der Waals surface area contributed by atoms with Gasteiger partial charge in [0.15, 0.2) is 0 Å². The zero-order valence-electron chi connectivity index (χ0n) is 12.0. The minimum Gasteiger partial charge on any atom is -0.352 e. The summed E-state index contributed by atoms with van der Waals surface area (Å²) in [5.74, 6) is 0.231. The number of benzene rings is 1. The monoisotopic (exact) mass is 271 g/mol. The van der Waals surface area contributed by atoms with Crippen LogP contribution in [-0.4, -0.2) is 24.0 Å². The molecule has 3 N–H and O–H groups in total. The molecule has 2 rings (SSSR count). The molecule has 0 fully saturated rings. The van der Waals surface area contributed by atoms with Crippen LogP contribution in [0.5, 0.6) is 0 Å². The van der Waals surface area contributed by atoms with Crippen LogP contribution < -0.4 is 11.1 Å². The van der Waals surface area contributed by atoms with Gasteiger partial charge in [0.2, 0.25) is 0 Å². The molecule has 4 nitrogen and oxygen atoms in total. The molecule has 4 heteroatoms. The van der Waals surface area contributed by atoms with Gasteiger partial charge in [-0.15, -0.1) is 0 Å². The molecule has 0 saturated heterocycles. The van der Waals surface area contributed by atoms with Gasteiger partial charge in [-0.05, 0) is 31.0 Å². The first-order chi connectivity index (χ1) is 9.63. The van der Waals surface area contributed by atoms with E-state index in [0.717, 1.165) is 23.0 Å². The number of fused-ring (bicyclic) bond motifs is 1. The second-order valence-corrected chi connectivity index (χ2v) is 5.16. The molecule has 106 valence electrons. The molecule has 0 bridgehead atoms. The largest absolute Gasteiger partial charge is 0.352 e.